The second-order valence-corrected chi connectivity index (χ2v) is 6.68. The molecule has 3 N–H and O–H groups in total. The van der Waals surface area contributed by atoms with Crippen molar-refractivity contribution in [2.75, 3.05) is 0 Å². The molecule has 0 aromatic heterocycles. The summed E-state index contributed by atoms with van der Waals surface area (Å²) in [5, 5.41) is 0. The molecule has 0 spiro atoms. The predicted molar refractivity (Wildman–Crippen MR) is 74.1 cm³/mol. The number of nitrogens with two attached hydrogens (primary N) is 1. The van der Waals surface area contributed by atoms with E-state index in [-0.39, 0.29) is 24.5 Å². The Morgan fingerprint density at radius 1 is 1.00 bits per heavy atom. The van der Waals surface area contributed by atoms with Crippen LogP contribution in [0.5, 0.6) is 0 Å². The van der Waals surface area contributed by atoms with Crippen molar-refractivity contribution in [3.05, 3.63) is 29.3 Å². The normalized spacial score (nSPS) is 22.2. The molecule has 2 rings (SSSR count). The largest absolute Gasteiger partial charge is 0.328 e. The summed E-state index contributed by atoms with van der Waals surface area (Å²) in [7, 11) is -4.70. The van der Waals surface area contributed by atoms with Crippen molar-refractivity contribution >= 4 is 22.4 Å². The lowest BCUT2D eigenvalue weighted by Gasteiger charge is -2.26. The SMILES string of the molecule is Cl.NC1CCC(NS(=O)(=O)c2c(F)c(F)cc(F)c2F)CC1. The second kappa shape index (κ2) is 7.12. The van der Waals surface area contributed by atoms with Crippen LogP contribution < -0.4 is 10.5 Å². The summed E-state index contributed by atoms with van der Waals surface area (Å²) in [6.07, 6.45) is 1.88. The van der Waals surface area contributed by atoms with E-state index in [1.54, 1.807) is 0 Å². The zero-order valence-corrected chi connectivity index (χ0v) is 12.9. The molecule has 0 heterocycles. The minimum absolute atomic E-state index is 0. The molecule has 22 heavy (non-hydrogen) atoms. The Bertz CT molecular complexity index is 623. The number of sulfonamides is 1. The van der Waals surface area contributed by atoms with E-state index in [0.717, 1.165) is 0 Å². The van der Waals surface area contributed by atoms with Crippen molar-refractivity contribution in [2.24, 2.45) is 5.73 Å². The number of hydrogen-bond donors (Lipinski definition) is 2. The van der Waals surface area contributed by atoms with Crippen LogP contribution in [-0.4, -0.2) is 20.5 Å². The highest BCUT2D eigenvalue weighted by molar-refractivity contribution is 7.89. The van der Waals surface area contributed by atoms with Crippen LogP contribution in [-0.2, 0) is 10.0 Å². The van der Waals surface area contributed by atoms with Gasteiger partial charge in [-0.3, -0.25) is 0 Å². The molecular formula is C12H15ClF4N2O2S. The van der Waals surface area contributed by atoms with Crippen LogP contribution in [0.1, 0.15) is 25.7 Å². The van der Waals surface area contributed by atoms with Gasteiger partial charge in [-0.25, -0.2) is 30.7 Å². The van der Waals surface area contributed by atoms with E-state index in [1.807, 2.05) is 0 Å². The number of halogens is 5. The molecular weight excluding hydrogens is 348 g/mol. The van der Waals surface area contributed by atoms with E-state index in [4.69, 9.17) is 5.73 Å². The Morgan fingerprint density at radius 3 is 1.91 bits per heavy atom. The quantitative estimate of drug-likeness (QED) is 0.639. The van der Waals surface area contributed by atoms with E-state index >= 15 is 0 Å². The summed E-state index contributed by atoms with van der Waals surface area (Å²) in [5.74, 6) is -7.40. The van der Waals surface area contributed by atoms with Crippen molar-refractivity contribution < 1.29 is 26.0 Å². The minimum Gasteiger partial charge on any atom is -0.328 e. The number of hydrogen-bond acceptors (Lipinski definition) is 3. The zero-order valence-electron chi connectivity index (χ0n) is 11.3. The maximum atomic E-state index is 13.5. The molecule has 10 heteroatoms. The van der Waals surface area contributed by atoms with Gasteiger partial charge in [-0.15, -0.1) is 12.4 Å². The lowest BCUT2D eigenvalue weighted by atomic mass is 9.93. The van der Waals surface area contributed by atoms with Crippen LogP contribution in [0.4, 0.5) is 17.6 Å². The van der Waals surface area contributed by atoms with Crippen LogP contribution >= 0.6 is 12.4 Å². The maximum Gasteiger partial charge on any atom is 0.246 e. The van der Waals surface area contributed by atoms with Gasteiger partial charge in [0, 0.05) is 18.2 Å². The highest BCUT2D eigenvalue weighted by atomic mass is 35.5. The summed E-state index contributed by atoms with van der Waals surface area (Å²) in [6.45, 7) is 0. The first-order chi connectivity index (χ1) is 9.72. The lowest BCUT2D eigenvalue weighted by Crippen LogP contribution is -2.41. The summed E-state index contributed by atoms with van der Waals surface area (Å²) in [6, 6.07) is -0.658. The van der Waals surface area contributed by atoms with Gasteiger partial charge < -0.3 is 5.73 Å². The monoisotopic (exact) mass is 362 g/mol. The van der Waals surface area contributed by atoms with E-state index in [0.29, 0.717) is 25.7 Å². The molecule has 0 unspecified atom stereocenters. The molecule has 1 aromatic rings. The summed E-state index contributed by atoms with van der Waals surface area (Å²) in [4.78, 5) is -1.63. The van der Waals surface area contributed by atoms with Gasteiger partial charge in [0.15, 0.2) is 28.2 Å². The Hall–Kier alpha value is -0.900. The van der Waals surface area contributed by atoms with Crippen molar-refractivity contribution in [1.29, 1.82) is 0 Å². The van der Waals surface area contributed by atoms with Gasteiger partial charge in [0.25, 0.3) is 0 Å². The van der Waals surface area contributed by atoms with Gasteiger partial charge in [-0.2, -0.15) is 0 Å². The van der Waals surface area contributed by atoms with Crippen LogP contribution in [0.3, 0.4) is 0 Å². The standard InChI is InChI=1S/C12H14F4N2O2S.ClH/c13-8-5-9(14)11(16)12(10(8)15)21(19,20)18-7-3-1-6(17)2-4-7;/h5-7,18H,1-4,17H2;1H. The third kappa shape index (κ3) is 3.89. The van der Waals surface area contributed by atoms with Gasteiger partial charge in [0.1, 0.15) is 0 Å². The maximum absolute atomic E-state index is 13.5. The molecule has 4 nitrogen and oxygen atoms in total. The molecule has 0 radical (unpaired) electrons. The molecule has 1 aliphatic carbocycles. The topological polar surface area (TPSA) is 72.2 Å². The fourth-order valence-electron chi connectivity index (χ4n) is 2.30. The van der Waals surface area contributed by atoms with Crippen LogP contribution in [0.15, 0.2) is 11.0 Å². The first-order valence-corrected chi connectivity index (χ1v) is 7.81. The smallest absolute Gasteiger partial charge is 0.246 e. The molecule has 1 aromatic carbocycles. The van der Waals surface area contributed by atoms with E-state index in [2.05, 4.69) is 4.72 Å². The average molecular weight is 363 g/mol. The number of benzene rings is 1. The van der Waals surface area contributed by atoms with Gasteiger partial charge >= 0.3 is 0 Å². The fraction of sp³-hybridized carbons (Fsp3) is 0.500. The molecule has 1 saturated carbocycles. The Labute approximate surface area is 131 Å². The van der Waals surface area contributed by atoms with Gasteiger partial charge in [0.05, 0.1) is 0 Å². The van der Waals surface area contributed by atoms with Crippen LogP contribution in [0, 0.1) is 23.3 Å². The third-order valence-electron chi connectivity index (χ3n) is 3.43. The van der Waals surface area contributed by atoms with E-state index in [9.17, 15) is 26.0 Å². The van der Waals surface area contributed by atoms with Gasteiger partial charge in [0.2, 0.25) is 10.0 Å². The Kier molecular flexibility index (Phi) is 6.19. The average Bonchev–Trinajstić information content (AvgIpc) is 2.39. The molecule has 0 saturated heterocycles. The molecule has 1 aliphatic rings. The van der Waals surface area contributed by atoms with E-state index < -0.39 is 44.2 Å². The molecule has 0 aliphatic heterocycles. The summed E-state index contributed by atoms with van der Waals surface area (Å²) < 4.78 is 79.3. The minimum atomic E-state index is -4.70. The number of rotatable bonds is 3. The highest BCUT2D eigenvalue weighted by Crippen LogP contribution is 2.25. The van der Waals surface area contributed by atoms with Gasteiger partial charge in [-0.05, 0) is 25.7 Å². The van der Waals surface area contributed by atoms with Crippen molar-refractivity contribution in [1.82, 2.24) is 4.72 Å². The Morgan fingerprint density at radius 2 is 1.45 bits per heavy atom. The zero-order chi connectivity index (χ0) is 15.8. The Balaban J connectivity index is 0.00000242. The predicted octanol–water partition coefficient (Wildman–Crippen LogP) is 2.21. The van der Waals surface area contributed by atoms with Crippen molar-refractivity contribution in [2.45, 2.75) is 42.7 Å². The highest BCUT2D eigenvalue weighted by Gasteiger charge is 2.32. The fourth-order valence-corrected chi connectivity index (χ4v) is 3.76. The van der Waals surface area contributed by atoms with Crippen molar-refractivity contribution in [3.8, 4) is 0 Å². The summed E-state index contributed by atoms with van der Waals surface area (Å²) >= 11 is 0. The van der Waals surface area contributed by atoms with E-state index in [1.165, 1.54) is 0 Å². The van der Waals surface area contributed by atoms with Gasteiger partial charge in [-0.1, -0.05) is 0 Å². The van der Waals surface area contributed by atoms with Crippen molar-refractivity contribution in [3.63, 3.8) is 0 Å². The second-order valence-electron chi connectivity index (χ2n) is 5.03. The summed E-state index contributed by atoms with van der Waals surface area (Å²) in [5.41, 5.74) is 5.66. The van der Waals surface area contributed by atoms with Crippen LogP contribution in [0.25, 0.3) is 0 Å². The number of nitrogens with one attached hydrogen (secondary N) is 1. The third-order valence-corrected chi connectivity index (χ3v) is 4.97. The molecule has 0 bridgehead atoms. The molecule has 126 valence electrons. The lowest BCUT2D eigenvalue weighted by molar-refractivity contribution is 0.370. The van der Waals surface area contributed by atoms with Crippen LogP contribution in [0.2, 0.25) is 0 Å². The molecule has 0 atom stereocenters. The molecule has 1 fully saturated rings. The first kappa shape index (κ1) is 19.1. The first-order valence-electron chi connectivity index (χ1n) is 6.33. The molecule has 0 amide bonds.